The Kier molecular flexibility index (Phi) is 2.35. The number of ether oxygens (including phenoxy) is 1. The summed E-state index contributed by atoms with van der Waals surface area (Å²) in [6.07, 6.45) is 0. The summed E-state index contributed by atoms with van der Waals surface area (Å²) < 4.78 is 18.6. The van der Waals surface area contributed by atoms with Crippen LogP contribution in [0.2, 0.25) is 0 Å². The fourth-order valence-electron chi connectivity index (χ4n) is 1.41. The van der Waals surface area contributed by atoms with Gasteiger partial charge in [0.2, 0.25) is 0 Å². The van der Waals surface area contributed by atoms with Gasteiger partial charge in [-0.05, 0) is 18.4 Å². The molecule has 2 aromatic carbocycles. The molecule has 0 saturated heterocycles. The molecule has 0 aliphatic carbocycles. The standard InChI is InChI=1S/C12H10FO/c1-2-14-10-7-9-5-3-4-6-11(9)12(13)8-10/h3-7H,2H2,1H3. The predicted octanol–water partition coefficient (Wildman–Crippen LogP) is 3.18. The van der Waals surface area contributed by atoms with E-state index in [1.54, 1.807) is 18.2 Å². The first kappa shape index (κ1) is 9.00. The number of fused-ring (bicyclic) bond motifs is 1. The van der Waals surface area contributed by atoms with Crippen LogP contribution in [0, 0.1) is 11.9 Å². The van der Waals surface area contributed by atoms with Gasteiger partial charge in [0.15, 0.2) is 0 Å². The normalized spacial score (nSPS) is 10.4. The molecular formula is C12H10FO. The zero-order valence-corrected chi connectivity index (χ0v) is 7.88. The molecule has 0 amide bonds. The first-order valence-corrected chi connectivity index (χ1v) is 4.54. The quantitative estimate of drug-likeness (QED) is 0.705. The smallest absolute Gasteiger partial charge is 0.142 e. The summed E-state index contributed by atoms with van der Waals surface area (Å²) >= 11 is 0. The van der Waals surface area contributed by atoms with Gasteiger partial charge < -0.3 is 4.74 Å². The fourth-order valence-corrected chi connectivity index (χ4v) is 1.41. The molecule has 0 atom stereocenters. The SMILES string of the molecule is CCOc1[c]c(F)c2ccccc2c1. The van der Waals surface area contributed by atoms with Crippen LogP contribution in [0.3, 0.4) is 0 Å². The van der Waals surface area contributed by atoms with E-state index in [2.05, 4.69) is 6.07 Å². The van der Waals surface area contributed by atoms with E-state index in [9.17, 15) is 4.39 Å². The lowest BCUT2D eigenvalue weighted by Crippen LogP contribution is -1.92. The average molecular weight is 189 g/mol. The molecular weight excluding hydrogens is 179 g/mol. The molecule has 0 aliphatic heterocycles. The van der Waals surface area contributed by atoms with Gasteiger partial charge in [0.1, 0.15) is 11.6 Å². The number of benzene rings is 2. The molecule has 0 aliphatic rings. The van der Waals surface area contributed by atoms with E-state index in [-0.39, 0.29) is 5.82 Å². The molecule has 2 heteroatoms. The summed E-state index contributed by atoms with van der Waals surface area (Å²) in [4.78, 5) is 0. The monoisotopic (exact) mass is 189 g/mol. The Balaban J connectivity index is 2.60. The summed E-state index contributed by atoms with van der Waals surface area (Å²) in [5, 5.41) is 1.42. The second-order valence-electron chi connectivity index (χ2n) is 2.97. The molecule has 2 aromatic rings. The van der Waals surface area contributed by atoms with Crippen molar-refractivity contribution in [2.24, 2.45) is 0 Å². The van der Waals surface area contributed by atoms with Gasteiger partial charge in [-0.25, -0.2) is 4.39 Å². The third-order valence-electron chi connectivity index (χ3n) is 2.02. The zero-order chi connectivity index (χ0) is 9.97. The van der Waals surface area contributed by atoms with Gasteiger partial charge in [-0.1, -0.05) is 24.3 Å². The highest BCUT2D eigenvalue weighted by molar-refractivity contribution is 5.84. The molecule has 0 N–H and O–H groups in total. The molecule has 1 nitrogen and oxygen atoms in total. The van der Waals surface area contributed by atoms with Crippen molar-refractivity contribution >= 4 is 10.8 Å². The van der Waals surface area contributed by atoms with E-state index in [0.29, 0.717) is 17.7 Å². The number of rotatable bonds is 2. The molecule has 0 saturated carbocycles. The van der Waals surface area contributed by atoms with Crippen molar-refractivity contribution in [3.05, 3.63) is 42.2 Å². The summed E-state index contributed by atoms with van der Waals surface area (Å²) in [7, 11) is 0. The summed E-state index contributed by atoms with van der Waals surface area (Å²) in [6, 6.07) is 11.6. The maximum atomic E-state index is 13.4. The van der Waals surface area contributed by atoms with Crippen LogP contribution >= 0.6 is 0 Å². The summed E-state index contributed by atoms with van der Waals surface area (Å²) in [6.45, 7) is 2.38. The molecule has 71 valence electrons. The maximum Gasteiger partial charge on any atom is 0.142 e. The number of halogens is 1. The van der Waals surface area contributed by atoms with E-state index in [0.717, 1.165) is 5.39 Å². The molecule has 14 heavy (non-hydrogen) atoms. The minimum atomic E-state index is -0.355. The van der Waals surface area contributed by atoms with Crippen molar-refractivity contribution in [2.45, 2.75) is 6.92 Å². The minimum absolute atomic E-state index is 0.355. The topological polar surface area (TPSA) is 9.23 Å². The zero-order valence-electron chi connectivity index (χ0n) is 7.88. The molecule has 0 unspecified atom stereocenters. The Morgan fingerprint density at radius 2 is 2.14 bits per heavy atom. The first-order valence-electron chi connectivity index (χ1n) is 4.54. The van der Waals surface area contributed by atoms with Gasteiger partial charge in [0.25, 0.3) is 0 Å². The summed E-state index contributed by atoms with van der Waals surface area (Å²) in [5.41, 5.74) is 0. The Labute approximate surface area is 82.1 Å². The van der Waals surface area contributed by atoms with Crippen LogP contribution in [-0.4, -0.2) is 6.61 Å². The van der Waals surface area contributed by atoms with Crippen LogP contribution in [0.25, 0.3) is 10.8 Å². The number of hydrogen-bond acceptors (Lipinski definition) is 1. The van der Waals surface area contributed by atoms with Crippen LogP contribution in [0.1, 0.15) is 6.92 Å². The van der Waals surface area contributed by atoms with Crippen molar-refractivity contribution in [1.82, 2.24) is 0 Å². The molecule has 0 aromatic heterocycles. The minimum Gasteiger partial charge on any atom is -0.493 e. The Morgan fingerprint density at radius 1 is 1.36 bits per heavy atom. The van der Waals surface area contributed by atoms with Crippen LogP contribution < -0.4 is 4.74 Å². The van der Waals surface area contributed by atoms with Crippen molar-refractivity contribution < 1.29 is 9.13 Å². The fraction of sp³-hybridized carbons (Fsp3) is 0.167. The largest absolute Gasteiger partial charge is 0.493 e. The molecule has 0 bridgehead atoms. The van der Waals surface area contributed by atoms with Gasteiger partial charge in [0.05, 0.1) is 12.7 Å². The molecule has 1 radical (unpaired) electrons. The molecule has 2 rings (SSSR count). The van der Waals surface area contributed by atoms with Crippen LogP contribution in [0.5, 0.6) is 5.75 Å². The second kappa shape index (κ2) is 3.66. The van der Waals surface area contributed by atoms with E-state index in [4.69, 9.17) is 4.74 Å². The van der Waals surface area contributed by atoms with Crippen LogP contribution in [0.15, 0.2) is 30.3 Å². The lowest BCUT2D eigenvalue weighted by Gasteiger charge is -2.04. The van der Waals surface area contributed by atoms with Crippen molar-refractivity contribution in [3.63, 3.8) is 0 Å². The third-order valence-corrected chi connectivity index (χ3v) is 2.02. The Hall–Kier alpha value is -1.57. The number of hydrogen-bond donors (Lipinski definition) is 0. The molecule has 0 fully saturated rings. The van der Waals surface area contributed by atoms with Crippen LogP contribution in [-0.2, 0) is 0 Å². The van der Waals surface area contributed by atoms with Gasteiger partial charge >= 0.3 is 0 Å². The Morgan fingerprint density at radius 3 is 2.93 bits per heavy atom. The van der Waals surface area contributed by atoms with Crippen molar-refractivity contribution in [1.29, 1.82) is 0 Å². The lowest BCUT2D eigenvalue weighted by molar-refractivity contribution is 0.338. The van der Waals surface area contributed by atoms with E-state index in [1.165, 1.54) is 0 Å². The van der Waals surface area contributed by atoms with Gasteiger partial charge in [0, 0.05) is 5.39 Å². The summed E-state index contributed by atoms with van der Waals surface area (Å²) in [5.74, 6) is 0.107. The van der Waals surface area contributed by atoms with Gasteiger partial charge in [-0.3, -0.25) is 0 Å². The van der Waals surface area contributed by atoms with Crippen molar-refractivity contribution in [2.75, 3.05) is 6.61 Å². The average Bonchev–Trinajstić information content (AvgIpc) is 2.18. The highest BCUT2D eigenvalue weighted by Crippen LogP contribution is 2.23. The highest BCUT2D eigenvalue weighted by Gasteiger charge is 2.03. The Bertz CT molecular complexity index is 451. The highest BCUT2D eigenvalue weighted by atomic mass is 19.1. The van der Waals surface area contributed by atoms with E-state index >= 15 is 0 Å². The van der Waals surface area contributed by atoms with Crippen LogP contribution in [0.4, 0.5) is 4.39 Å². The van der Waals surface area contributed by atoms with E-state index < -0.39 is 0 Å². The third kappa shape index (κ3) is 1.55. The van der Waals surface area contributed by atoms with E-state index in [1.807, 2.05) is 19.1 Å². The lowest BCUT2D eigenvalue weighted by atomic mass is 10.1. The molecule has 0 spiro atoms. The van der Waals surface area contributed by atoms with Crippen molar-refractivity contribution in [3.8, 4) is 5.75 Å². The second-order valence-corrected chi connectivity index (χ2v) is 2.97. The van der Waals surface area contributed by atoms with Gasteiger partial charge in [-0.15, -0.1) is 0 Å². The first-order chi connectivity index (χ1) is 6.81. The predicted molar refractivity (Wildman–Crippen MR) is 53.9 cm³/mol. The maximum absolute atomic E-state index is 13.4. The molecule has 0 heterocycles. The van der Waals surface area contributed by atoms with Gasteiger partial charge in [-0.2, -0.15) is 0 Å².